The first-order chi connectivity index (χ1) is 12.3. The van der Waals surface area contributed by atoms with Gasteiger partial charge in [0.15, 0.2) is 0 Å². The number of carbonyl (C=O) groups is 1. The Hall–Kier alpha value is -2.34. The van der Waals surface area contributed by atoms with Crippen LogP contribution in [0.2, 0.25) is 0 Å². The molecule has 0 spiro atoms. The van der Waals surface area contributed by atoms with E-state index in [4.69, 9.17) is 9.84 Å². The molecule has 6 nitrogen and oxygen atoms in total. The summed E-state index contributed by atoms with van der Waals surface area (Å²) in [5.74, 6) is 0.670. The minimum atomic E-state index is -0.203. The Labute approximate surface area is 154 Å². The molecule has 6 heteroatoms. The number of amides is 2. The SMILES string of the molecule is Cc1ccc(-n2nc(C(C)(C)C)cc2NC(=O)NC2CCOCC2)cc1. The number of anilines is 1. The molecule has 0 unspecified atom stereocenters. The van der Waals surface area contributed by atoms with Gasteiger partial charge < -0.3 is 10.1 Å². The highest BCUT2D eigenvalue weighted by Crippen LogP contribution is 2.26. The lowest BCUT2D eigenvalue weighted by atomic mass is 9.92. The van der Waals surface area contributed by atoms with Crippen molar-refractivity contribution in [3.8, 4) is 5.69 Å². The molecule has 1 aliphatic heterocycles. The number of hydrogen-bond donors (Lipinski definition) is 2. The fourth-order valence-corrected chi connectivity index (χ4v) is 2.90. The molecule has 1 fully saturated rings. The van der Waals surface area contributed by atoms with Gasteiger partial charge in [0.25, 0.3) is 0 Å². The van der Waals surface area contributed by atoms with Crippen molar-refractivity contribution in [1.29, 1.82) is 0 Å². The average molecular weight is 356 g/mol. The second kappa shape index (κ2) is 7.50. The number of urea groups is 1. The zero-order chi connectivity index (χ0) is 18.7. The van der Waals surface area contributed by atoms with Crippen LogP contribution in [0.1, 0.15) is 44.9 Å². The Morgan fingerprint density at radius 3 is 2.46 bits per heavy atom. The number of nitrogens with one attached hydrogen (secondary N) is 2. The normalized spacial score (nSPS) is 15.7. The van der Waals surface area contributed by atoms with Gasteiger partial charge >= 0.3 is 6.03 Å². The summed E-state index contributed by atoms with van der Waals surface area (Å²) in [7, 11) is 0. The molecule has 0 atom stereocenters. The summed E-state index contributed by atoms with van der Waals surface area (Å²) in [6, 6.07) is 10.0. The van der Waals surface area contributed by atoms with Crippen LogP contribution in [0, 0.1) is 6.92 Å². The molecule has 1 aromatic heterocycles. The van der Waals surface area contributed by atoms with Crippen LogP contribution in [0.15, 0.2) is 30.3 Å². The number of aryl methyl sites for hydroxylation is 1. The van der Waals surface area contributed by atoms with Crippen molar-refractivity contribution in [2.45, 2.75) is 52.0 Å². The van der Waals surface area contributed by atoms with E-state index in [1.165, 1.54) is 5.56 Å². The Balaban J connectivity index is 1.83. The lowest BCUT2D eigenvalue weighted by Gasteiger charge is -2.23. The van der Waals surface area contributed by atoms with Gasteiger partial charge in [0.05, 0.1) is 11.4 Å². The summed E-state index contributed by atoms with van der Waals surface area (Å²) in [6.45, 7) is 9.77. The minimum Gasteiger partial charge on any atom is -0.381 e. The number of carbonyl (C=O) groups excluding carboxylic acids is 1. The van der Waals surface area contributed by atoms with E-state index in [9.17, 15) is 4.79 Å². The smallest absolute Gasteiger partial charge is 0.320 e. The van der Waals surface area contributed by atoms with Crippen molar-refractivity contribution in [3.05, 3.63) is 41.6 Å². The molecule has 2 heterocycles. The van der Waals surface area contributed by atoms with Crippen LogP contribution in [0.4, 0.5) is 10.6 Å². The second-order valence-electron chi connectivity index (χ2n) is 7.90. The zero-order valence-electron chi connectivity index (χ0n) is 16.0. The van der Waals surface area contributed by atoms with Gasteiger partial charge in [-0.25, -0.2) is 9.48 Å². The summed E-state index contributed by atoms with van der Waals surface area (Å²) >= 11 is 0. The van der Waals surface area contributed by atoms with E-state index in [0.717, 1.165) is 24.2 Å². The molecular formula is C20H28N4O2. The molecule has 2 aromatic rings. The van der Waals surface area contributed by atoms with Gasteiger partial charge in [0.1, 0.15) is 5.82 Å². The summed E-state index contributed by atoms with van der Waals surface area (Å²) in [5, 5.41) is 10.7. The van der Waals surface area contributed by atoms with Gasteiger partial charge in [0, 0.05) is 30.7 Å². The van der Waals surface area contributed by atoms with Crippen LogP contribution >= 0.6 is 0 Å². The first kappa shape index (κ1) is 18.5. The Bertz CT molecular complexity index is 753. The molecule has 1 aromatic carbocycles. The molecule has 0 radical (unpaired) electrons. The lowest BCUT2D eigenvalue weighted by Crippen LogP contribution is -2.41. The quantitative estimate of drug-likeness (QED) is 0.879. The van der Waals surface area contributed by atoms with Crippen LogP contribution in [0.25, 0.3) is 5.69 Å². The Morgan fingerprint density at radius 2 is 1.85 bits per heavy atom. The maximum Gasteiger partial charge on any atom is 0.320 e. The van der Waals surface area contributed by atoms with Gasteiger partial charge in [-0.2, -0.15) is 5.10 Å². The third kappa shape index (κ3) is 4.43. The van der Waals surface area contributed by atoms with Crippen LogP contribution in [0.5, 0.6) is 0 Å². The highest BCUT2D eigenvalue weighted by atomic mass is 16.5. The van der Waals surface area contributed by atoms with Crippen LogP contribution in [0.3, 0.4) is 0 Å². The molecule has 1 saturated heterocycles. The first-order valence-electron chi connectivity index (χ1n) is 9.16. The highest BCUT2D eigenvalue weighted by Gasteiger charge is 2.22. The van der Waals surface area contributed by atoms with E-state index in [1.807, 2.05) is 37.3 Å². The Kier molecular flexibility index (Phi) is 5.32. The van der Waals surface area contributed by atoms with Gasteiger partial charge in [-0.05, 0) is 31.9 Å². The molecule has 2 N–H and O–H groups in total. The van der Waals surface area contributed by atoms with Crippen molar-refractivity contribution < 1.29 is 9.53 Å². The predicted octanol–water partition coefficient (Wildman–Crippen LogP) is 3.78. The lowest BCUT2D eigenvalue weighted by molar-refractivity contribution is 0.0806. The molecular weight excluding hydrogens is 328 g/mol. The molecule has 0 aliphatic carbocycles. The second-order valence-corrected chi connectivity index (χ2v) is 7.90. The van der Waals surface area contributed by atoms with Crippen molar-refractivity contribution in [2.24, 2.45) is 0 Å². The number of aromatic nitrogens is 2. The standard InChI is InChI=1S/C20H28N4O2/c1-14-5-7-16(8-6-14)24-18(13-17(23-24)20(2,3)4)22-19(25)21-15-9-11-26-12-10-15/h5-8,13,15H,9-12H2,1-4H3,(H2,21,22,25). The third-order valence-corrected chi connectivity index (χ3v) is 4.55. The van der Waals surface area contributed by atoms with Crippen molar-refractivity contribution in [1.82, 2.24) is 15.1 Å². The molecule has 26 heavy (non-hydrogen) atoms. The van der Waals surface area contributed by atoms with Crippen molar-refractivity contribution >= 4 is 11.8 Å². The van der Waals surface area contributed by atoms with E-state index in [1.54, 1.807) is 4.68 Å². The zero-order valence-corrected chi connectivity index (χ0v) is 16.0. The van der Waals surface area contributed by atoms with Crippen molar-refractivity contribution in [2.75, 3.05) is 18.5 Å². The van der Waals surface area contributed by atoms with Crippen molar-refractivity contribution in [3.63, 3.8) is 0 Å². The third-order valence-electron chi connectivity index (χ3n) is 4.55. The van der Waals surface area contributed by atoms with E-state index >= 15 is 0 Å². The molecule has 2 amide bonds. The highest BCUT2D eigenvalue weighted by molar-refractivity contribution is 5.89. The molecule has 1 aliphatic rings. The Morgan fingerprint density at radius 1 is 1.19 bits per heavy atom. The number of benzene rings is 1. The maximum absolute atomic E-state index is 12.5. The number of ether oxygens (including phenoxy) is 1. The van der Waals surface area contributed by atoms with E-state index < -0.39 is 0 Å². The molecule has 3 rings (SSSR count). The first-order valence-corrected chi connectivity index (χ1v) is 9.16. The predicted molar refractivity (Wildman–Crippen MR) is 103 cm³/mol. The average Bonchev–Trinajstić information content (AvgIpc) is 3.00. The van der Waals surface area contributed by atoms with Gasteiger partial charge in [-0.1, -0.05) is 38.5 Å². The van der Waals surface area contributed by atoms with Crippen LogP contribution < -0.4 is 10.6 Å². The summed E-state index contributed by atoms with van der Waals surface area (Å²) < 4.78 is 7.14. The monoisotopic (exact) mass is 356 g/mol. The van der Waals surface area contributed by atoms with Crippen LogP contribution in [-0.2, 0) is 10.2 Å². The van der Waals surface area contributed by atoms with E-state index in [2.05, 4.69) is 31.4 Å². The number of hydrogen-bond acceptors (Lipinski definition) is 3. The fourth-order valence-electron chi connectivity index (χ4n) is 2.90. The fraction of sp³-hybridized carbons (Fsp3) is 0.500. The minimum absolute atomic E-state index is 0.108. The maximum atomic E-state index is 12.5. The van der Waals surface area contributed by atoms with Gasteiger partial charge in [-0.15, -0.1) is 0 Å². The number of nitrogens with zero attached hydrogens (tertiary/aromatic N) is 2. The van der Waals surface area contributed by atoms with Gasteiger partial charge in [0.2, 0.25) is 0 Å². The largest absolute Gasteiger partial charge is 0.381 e. The molecule has 0 bridgehead atoms. The van der Waals surface area contributed by atoms with E-state index in [0.29, 0.717) is 19.0 Å². The number of rotatable bonds is 3. The summed E-state index contributed by atoms with van der Waals surface area (Å²) in [4.78, 5) is 12.5. The van der Waals surface area contributed by atoms with Gasteiger partial charge in [-0.3, -0.25) is 5.32 Å². The summed E-state index contributed by atoms with van der Waals surface area (Å²) in [5.41, 5.74) is 2.93. The molecule has 0 saturated carbocycles. The van der Waals surface area contributed by atoms with Crippen LogP contribution in [-0.4, -0.2) is 35.1 Å². The topological polar surface area (TPSA) is 68.2 Å². The summed E-state index contributed by atoms with van der Waals surface area (Å²) in [6.07, 6.45) is 1.69. The van der Waals surface area contributed by atoms with E-state index in [-0.39, 0.29) is 17.5 Å². The molecule has 140 valence electrons.